The number of hydrogen-bond donors (Lipinski definition) is 2. The molecular weight excluding hydrogens is 210 g/mol. The Hall–Kier alpha value is -2.24. The summed E-state index contributed by atoms with van der Waals surface area (Å²) >= 11 is 0. The van der Waals surface area contributed by atoms with E-state index in [1.54, 1.807) is 18.2 Å². The van der Waals surface area contributed by atoms with Crippen LogP contribution in [0.15, 0.2) is 23.3 Å². The van der Waals surface area contributed by atoms with Crippen molar-refractivity contribution in [3.05, 3.63) is 23.8 Å². The van der Waals surface area contributed by atoms with E-state index < -0.39 is 6.03 Å². The number of rotatable bonds is 2. The van der Waals surface area contributed by atoms with E-state index in [0.29, 0.717) is 24.7 Å². The summed E-state index contributed by atoms with van der Waals surface area (Å²) in [5.74, 6) is 1.39. The number of nitrogens with one attached hydrogen (secondary N) is 1. The first-order chi connectivity index (χ1) is 7.75. The molecule has 1 aromatic carbocycles. The lowest BCUT2D eigenvalue weighted by Crippen LogP contribution is -2.24. The number of primary amides is 1. The van der Waals surface area contributed by atoms with Crippen molar-refractivity contribution in [2.24, 2.45) is 10.8 Å². The number of hydrazone groups is 1. The summed E-state index contributed by atoms with van der Waals surface area (Å²) in [6, 6.07) is 4.68. The van der Waals surface area contributed by atoms with Crippen molar-refractivity contribution in [2.45, 2.75) is 0 Å². The van der Waals surface area contributed by atoms with Crippen LogP contribution in [0.25, 0.3) is 0 Å². The molecule has 0 saturated carbocycles. The minimum atomic E-state index is -0.700. The molecule has 0 aliphatic carbocycles. The lowest BCUT2D eigenvalue weighted by Gasteiger charge is -2.18. The summed E-state index contributed by atoms with van der Waals surface area (Å²) < 4.78 is 10.8. The van der Waals surface area contributed by atoms with Crippen molar-refractivity contribution in [1.29, 1.82) is 0 Å². The van der Waals surface area contributed by atoms with E-state index in [4.69, 9.17) is 15.2 Å². The van der Waals surface area contributed by atoms with Crippen LogP contribution in [-0.2, 0) is 0 Å². The molecule has 84 valence electrons. The van der Waals surface area contributed by atoms with Crippen molar-refractivity contribution < 1.29 is 14.3 Å². The Morgan fingerprint density at radius 3 is 2.88 bits per heavy atom. The molecule has 16 heavy (non-hydrogen) atoms. The smallest absolute Gasteiger partial charge is 0.332 e. The van der Waals surface area contributed by atoms with Crippen LogP contribution in [0.4, 0.5) is 4.79 Å². The molecule has 2 rings (SSSR count). The van der Waals surface area contributed by atoms with E-state index in [9.17, 15) is 4.79 Å². The second kappa shape index (κ2) is 4.52. The number of carbonyl (C=O) groups excluding carboxylic acids is 1. The van der Waals surface area contributed by atoms with Gasteiger partial charge in [-0.2, -0.15) is 5.10 Å². The Morgan fingerprint density at radius 1 is 1.38 bits per heavy atom. The predicted molar refractivity (Wildman–Crippen MR) is 57.7 cm³/mol. The van der Waals surface area contributed by atoms with Crippen LogP contribution in [0, 0.1) is 0 Å². The molecule has 1 aliphatic heterocycles. The molecule has 0 saturated heterocycles. The molecule has 0 radical (unpaired) electrons. The van der Waals surface area contributed by atoms with Crippen molar-refractivity contribution >= 4 is 12.2 Å². The van der Waals surface area contributed by atoms with Crippen molar-refractivity contribution in [3.63, 3.8) is 0 Å². The molecule has 0 fully saturated rings. The van der Waals surface area contributed by atoms with Crippen LogP contribution in [0.2, 0.25) is 0 Å². The van der Waals surface area contributed by atoms with Gasteiger partial charge in [0.2, 0.25) is 0 Å². The molecule has 0 spiro atoms. The average Bonchev–Trinajstić information content (AvgIpc) is 2.28. The van der Waals surface area contributed by atoms with E-state index in [-0.39, 0.29) is 0 Å². The first-order valence-corrected chi connectivity index (χ1v) is 4.74. The summed E-state index contributed by atoms with van der Waals surface area (Å²) in [4.78, 5) is 10.4. The normalized spacial score (nSPS) is 13.8. The molecule has 1 heterocycles. The molecule has 0 aromatic heterocycles. The predicted octanol–water partition coefficient (Wildman–Crippen LogP) is 0.460. The number of benzene rings is 1. The first-order valence-electron chi connectivity index (χ1n) is 4.74. The van der Waals surface area contributed by atoms with Gasteiger partial charge in [0.15, 0.2) is 11.5 Å². The van der Waals surface area contributed by atoms with Crippen molar-refractivity contribution in [3.8, 4) is 11.5 Å². The van der Waals surface area contributed by atoms with Crippen LogP contribution in [0.1, 0.15) is 5.56 Å². The average molecular weight is 221 g/mol. The number of ether oxygens (including phenoxy) is 2. The van der Waals surface area contributed by atoms with Crippen molar-refractivity contribution in [2.75, 3.05) is 13.2 Å². The van der Waals surface area contributed by atoms with Gasteiger partial charge < -0.3 is 15.2 Å². The third-order valence-electron chi connectivity index (χ3n) is 1.95. The monoisotopic (exact) mass is 221 g/mol. The molecule has 0 atom stereocenters. The van der Waals surface area contributed by atoms with Crippen LogP contribution < -0.4 is 20.6 Å². The van der Waals surface area contributed by atoms with Gasteiger partial charge in [-0.05, 0) is 23.8 Å². The summed E-state index contributed by atoms with van der Waals surface area (Å²) in [7, 11) is 0. The lowest BCUT2D eigenvalue weighted by molar-refractivity contribution is 0.171. The highest BCUT2D eigenvalue weighted by Gasteiger charge is 2.10. The van der Waals surface area contributed by atoms with Gasteiger partial charge in [0.1, 0.15) is 13.2 Å². The summed E-state index contributed by atoms with van der Waals surface area (Å²) in [5, 5.41) is 3.64. The minimum absolute atomic E-state index is 0.535. The highest BCUT2D eigenvalue weighted by atomic mass is 16.6. The molecule has 6 nitrogen and oxygen atoms in total. The largest absolute Gasteiger partial charge is 0.486 e. The van der Waals surface area contributed by atoms with Crippen molar-refractivity contribution in [1.82, 2.24) is 5.43 Å². The number of fused-ring (bicyclic) bond motifs is 1. The molecule has 2 amide bonds. The number of hydrogen-bond acceptors (Lipinski definition) is 4. The first kappa shape index (κ1) is 10.3. The molecule has 6 heteroatoms. The van der Waals surface area contributed by atoms with Crippen LogP contribution in [0.5, 0.6) is 11.5 Å². The number of urea groups is 1. The highest BCUT2D eigenvalue weighted by molar-refractivity contribution is 5.82. The number of nitrogens with two attached hydrogens (primary N) is 1. The van der Waals surface area contributed by atoms with E-state index in [1.165, 1.54) is 6.21 Å². The molecular formula is C10H11N3O3. The lowest BCUT2D eigenvalue weighted by atomic mass is 10.2. The van der Waals surface area contributed by atoms with Gasteiger partial charge in [-0.25, -0.2) is 10.2 Å². The summed E-state index contributed by atoms with van der Waals surface area (Å²) in [6.07, 6.45) is 1.48. The Morgan fingerprint density at radius 2 is 2.12 bits per heavy atom. The fraction of sp³-hybridized carbons (Fsp3) is 0.200. The van der Waals surface area contributed by atoms with Crippen LogP contribution >= 0.6 is 0 Å². The van der Waals surface area contributed by atoms with Gasteiger partial charge >= 0.3 is 6.03 Å². The summed E-state index contributed by atoms with van der Waals surface area (Å²) in [6.45, 7) is 1.09. The maximum Gasteiger partial charge on any atom is 0.332 e. The molecule has 0 unspecified atom stereocenters. The highest BCUT2D eigenvalue weighted by Crippen LogP contribution is 2.30. The number of carbonyl (C=O) groups is 1. The maximum atomic E-state index is 10.4. The fourth-order valence-corrected chi connectivity index (χ4v) is 1.31. The zero-order valence-electron chi connectivity index (χ0n) is 8.47. The summed E-state index contributed by atoms with van der Waals surface area (Å²) in [5.41, 5.74) is 7.76. The van der Waals surface area contributed by atoms with Gasteiger partial charge in [-0.15, -0.1) is 0 Å². The molecule has 1 aromatic rings. The zero-order chi connectivity index (χ0) is 11.4. The van der Waals surface area contributed by atoms with E-state index >= 15 is 0 Å². The minimum Gasteiger partial charge on any atom is -0.486 e. The van der Waals surface area contributed by atoms with E-state index in [1.807, 2.05) is 0 Å². The Balaban J connectivity index is 2.11. The zero-order valence-corrected chi connectivity index (χ0v) is 8.47. The van der Waals surface area contributed by atoms with Gasteiger partial charge in [-0.1, -0.05) is 0 Å². The molecule has 3 N–H and O–H groups in total. The van der Waals surface area contributed by atoms with Crippen LogP contribution in [0.3, 0.4) is 0 Å². The fourth-order valence-electron chi connectivity index (χ4n) is 1.31. The van der Waals surface area contributed by atoms with Gasteiger partial charge in [0.25, 0.3) is 0 Å². The van der Waals surface area contributed by atoms with Gasteiger partial charge in [-0.3, -0.25) is 0 Å². The third kappa shape index (κ3) is 2.41. The number of nitrogens with zero attached hydrogens (tertiary/aromatic N) is 1. The number of amides is 2. The molecule has 0 bridgehead atoms. The van der Waals surface area contributed by atoms with Gasteiger partial charge in [0.05, 0.1) is 6.21 Å². The third-order valence-corrected chi connectivity index (χ3v) is 1.95. The standard InChI is InChI=1S/C10H11N3O3/c11-10(14)13-12-6-7-1-2-8-9(5-7)16-4-3-15-8/h1-2,5-6H,3-4H2,(H3,11,13,14)/b12-6-. The molecule has 1 aliphatic rings. The quantitative estimate of drug-likeness (QED) is 0.562. The SMILES string of the molecule is NC(=O)N/N=C\c1ccc2c(c1)OCCO2. The second-order valence-corrected chi connectivity index (χ2v) is 3.14. The Bertz CT molecular complexity index is 431. The van der Waals surface area contributed by atoms with E-state index in [0.717, 1.165) is 5.56 Å². The second-order valence-electron chi connectivity index (χ2n) is 3.14. The Kier molecular flexibility index (Phi) is 2.90. The van der Waals surface area contributed by atoms with Crippen LogP contribution in [-0.4, -0.2) is 25.5 Å². The topological polar surface area (TPSA) is 85.9 Å². The maximum absolute atomic E-state index is 10.4. The Labute approximate surface area is 92.0 Å². The van der Waals surface area contributed by atoms with E-state index in [2.05, 4.69) is 10.5 Å². The van der Waals surface area contributed by atoms with Gasteiger partial charge in [0, 0.05) is 0 Å².